The maximum Gasteiger partial charge on any atom is 0.302 e. The number of hydrogen-bond acceptors (Lipinski definition) is 4. The van der Waals surface area contributed by atoms with Gasteiger partial charge in [-0.25, -0.2) is 0 Å². The summed E-state index contributed by atoms with van der Waals surface area (Å²) in [4.78, 5) is 13.8. The number of ether oxygens (including phenoxy) is 1. The fourth-order valence-corrected chi connectivity index (χ4v) is 4.09. The Morgan fingerprint density at radius 2 is 2.22 bits per heavy atom. The van der Waals surface area contributed by atoms with Gasteiger partial charge in [-0.05, 0) is 31.2 Å². The molecule has 3 atom stereocenters. The third-order valence-electron chi connectivity index (χ3n) is 5.14. The summed E-state index contributed by atoms with van der Waals surface area (Å²) in [6, 6.07) is 12.6. The van der Waals surface area contributed by atoms with E-state index in [0.29, 0.717) is 5.92 Å². The van der Waals surface area contributed by atoms with E-state index in [2.05, 4.69) is 29.2 Å². The molecular weight excluding hydrogens is 288 g/mol. The lowest BCUT2D eigenvalue weighted by atomic mass is 9.68. The molecule has 3 aliphatic rings. The molecule has 0 radical (unpaired) electrons. The lowest BCUT2D eigenvalue weighted by Gasteiger charge is -2.54. The first-order chi connectivity index (χ1) is 11.1. The van der Waals surface area contributed by atoms with Gasteiger partial charge in [0.2, 0.25) is 0 Å². The maximum absolute atomic E-state index is 11.5. The number of carbonyl (C=O) groups excluding carboxylic acids is 1. The molecule has 1 saturated heterocycles. The Bertz CT molecular complexity index is 662. The maximum atomic E-state index is 11.5. The highest BCUT2D eigenvalue weighted by Crippen LogP contribution is 2.46. The molecule has 1 aromatic rings. The van der Waals surface area contributed by atoms with E-state index in [4.69, 9.17) is 4.74 Å². The molecule has 4 rings (SSSR count). The molecule has 4 nitrogen and oxygen atoms in total. The molecule has 2 aliphatic heterocycles. The molecule has 23 heavy (non-hydrogen) atoms. The zero-order valence-electron chi connectivity index (χ0n) is 13.7. The van der Waals surface area contributed by atoms with E-state index >= 15 is 0 Å². The van der Waals surface area contributed by atoms with Gasteiger partial charge in [0.1, 0.15) is 6.10 Å². The number of nitriles is 1. The van der Waals surface area contributed by atoms with Crippen molar-refractivity contribution in [1.29, 1.82) is 5.26 Å². The van der Waals surface area contributed by atoms with Crippen LogP contribution in [0.2, 0.25) is 0 Å². The molecule has 2 heterocycles. The van der Waals surface area contributed by atoms with Crippen LogP contribution in [0.15, 0.2) is 42.0 Å². The molecule has 2 bridgehead atoms. The second-order valence-electron chi connectivity index (χ2n) is 6.53. The number of fused-ring (bicyclic) bond motifs is 2. The Balaban J connectivity index is 1.96. The van der Waals surface area contributed by atoms with E-state index in [0.717, 1.165) is 31.5 Å². The number of esters is 1. The van der Waals surface area contributed by atoms with Crippen molar-refractivity contribution in [3.8, 4) is 6.07 Å². The van der Waals surface area contributed by atoms with Crippen molar-refractivity contribution in [2.75, 3.05) is 6.54 Å². The summed E-state index contributed by atoms with van der Waals surface area (Å²) in [6.45, 7) is 5.02. The first-order valence-corrected chi connectivity index (χ1v) is 8.15. The monoisotopic (exact) mass is 310 g/mol. The van der Waals surface area contributed by atoms with Gasteiger partial charge in [-0.15, -0.1) is 0 Å². The number of nitrogens with zero attached hydrogens (tertiary/aromatic N) is 2. The van der Waals surface area contributed by atoms with Crippen LogP contribution in [0.1, 0.15) is 32.3 Å². The first-order valence-electron chi connectivity index (χ1n) is 8.15. The number of benzene rings is 1. The third kappa shape index (κ3) is 2.77. The highest BCUT2D eigenvalue weighted by Gasteiger charge is 2.53. The average molecular weight is 310 g/mol. The zero-order chi connectivity index (χ0) is 16.4. The predicted molar refractivity (Wildman–Crippen MR) is 87.2 cm³/mol. The van der Waals surface area contributed by atoms with Crippen molar-refractivity contribution in [1.82, 2.24) is 4.90 Å². The minimum Gasteiger partial charge on any atom is -0.460 e. The van der Waals surface area contributed by atoms with Gasteiger partial charge < -0.3 is 4.74 Å². The fourth-order valence-electron chi connectivity index (χ4n) is 4.09. The van der Waals surface area contributed by atoms with Gasteiger partial charge >= 0.3 is 5.97 Å². The van der Waals surface area contributed by atoms with Gasteiger partial charge in [0.05, 0.1) is 11.6 Å². The summed E-state index contributed by atoms with van der Waals surface area (Å²) in [5.74, 6) is 0.122. The minimum atomic E-state index is -0.495. The van der Waals surface area contributed by atoms with Crippen molar-refractivity contribution in [3.63, 3.8) is 0 Å². The lowest BCUT2D eigenvalue weighted by molar-refractivity contribution is -0.155. The van der Waals surface area contributed by atoms with Crippen LogP contribution in [0.5, 0.6) is 0 Å². The van der Waals surface area contributed by atoms with Crippen LogP contribution >= 0.6 is 0 Å². The Hall–Kier alpha value is -2.12. The van der Waals surface area contributed by atoms with E-state index in [9.17, 15) is 10.1 Å². The van der Waals surface area contributed by atoms with E-state index in [1.165, 1.54) is 12.5 Å². The van der Waals surface area contributed by atoms with Crippen LogP contribution in [-0.4, -0.2) is 29.1 Å². The molecule has 4 heteroatoms. The number of piperidine rings is 1. The average Bonchev–Trinajstić information content (AvgIpc) is 2.55. The van der Waals surface area contributed by atoms with Gasteiger partial charge in [0, 0.05) is 25.6 Å². The van der Waals surface area contributed by atoms with Gasteiger partial charge in [0.15, 0.2) is 0 Å². The standard InChI is InChI=1S/C19H22N2O2/c1-14(23-15(2)22)19-9-8-17(10-18(19)11-20)13-21(19)12-16-6-4-3-5-7-16/h3-7,10,14,17H,8-9,12-13H2,1-2H3. The van der Waals surface area contributed by atoms with E-state index < -0.39 is 5.54 Å². The number of hydrogen-bond donors (Lipinski definition) is 0. The van der Waals surface area contributed by atoms with Crippen LogP contribution < -0.4 is 0 Å². The summed E-state index contributed by atoms with van der Waals surface area (Å²) >= 11 is 0. The van der Waals surface area contributed by atoms with Gasteiger partial charge in [-0.1, -0.05) is 36.4 Å². The number of rotatable bonds is 4. The summed E-state index contributed by atoms with van der Waals surface area (Å²) < 4.78 is 5.54. The molecule has 3 unspecified atom stereocenters. The van der Waals surface area contributed by atoms with Crippen LogP contribution in [0.25, 0.3) is 0 Å². The topological polar surface area (TPSA) is 53.3 Å². The van der Waals surface area contributed by atoms with Crippen molar-refractivity contribution < 1.29 is 9.53 Å². The van der Waals surface area contributed by atoms with Crippen molar-refractivity contribution >= 4 is 5.97 Å². The number of carbonyl (C=O) groups is 1. The SMILES string of the molecule is CC(=O)OC(C)C12CCC(C=C1C#N)CN2Cc1ccccc1. The van der Waals surface area contributed by atoms with Crippen molar-refractivity contribution in [3.05, 3.63) is 47.5 Å². The lowest BCUT2D eigenvalue weighted by Crippen LogP contribution is -2.63. The first kappa shape index (κ1) is 15.8. The Morgan fingerprint density at radius 1 is 1.48 bits per heavy atom. The molecule has 1 aromatic carbocycles. The van der Waals surface area contributed by atoms with Crippen molar-refractivity contribution in [2.45, 2.75) is 44.9 Å². The summed E-state index contributed by atoms with van der Waals surface area (Å²) in [5.41, 5.74) is 1.47. The van der Waals surface area contributed by atoms with Gasteiger partial charge in [-0.2, -0.15) is 5.26 Å². The Kier molecular flexibility index (Phi) is 4.23. The predicted octanol–water partition coefficient (Wildman–Crippen LogP) is 3.05. The molecule has 120 valence electrons. The molecule has 0 saturated carbocycles. The van der Waals surface area contributed by atoms with Crippen LogP contribution in [-0.2, 0) is 16.1 Å². The van der Waals surface area contributed by atoms with E-state index in [-0.39, 0.29) is 12.1 Å². The van der Waals surface area contributed by atoms with E-state index in [1.54, 1.807) is 0 Å². The molecule has 0 spiro atoms. The highest BCUT2D eigenvalue weighted by molar-refractivity contribution is 5.66. The molecule has 0 N–H and O–H groups in total. The summed E-state index contributed by atoms with van der Waals surface area (Å²) in [5, 5.41) is 9.66. The zero-order valence-corrected chi connectivity index (χ0v) is 13.7. The second-order valence-corrected chi connectivity index (χ2v) is 6.53. The molecule has 0 aromatic heterocycles. The highest BCUT2D eigenvalue weighted by atomic mass is 16.5. The fraction of sp³-hybridized carbons (Fsp3) is 0.474. The van der Waals surface area contributed by atoms with Crippen molar-refractivity contribution in [2.24, 2.45) is 5.92 Å². The summed E-state index contributed by atoms with van der Waals surface area (Å²) in [6.07, 6.45) is 3.65. The molecule has 1 fully saturated rings. The smallest absolute Gasteiger partial charge is 0.302 e. The van der Waals surface area contributed by atoms with Gasteiger partial charge in [-0.3, -0.25) is 9.69 Å². The van der Waals surface area contributed by atoms with Gasteiger partial charge in [0.25, 0.3) is 0 Å². The minimum absolute atomic E-state index is 0.295. The second kappa shape index (κ2) is 6.17. The van der Waals surface area contributed by atoms with Crippen LogP contribution in [0.4, 0.5) is 0 Å². The Morgan fingerprint density at radius 3 is 2.87 bits per heavy atom. The normalized spacial score (nSPS) is 27.9. The van der Waals surface area contributed by atoms with Crippen LogP contribution in [0, 0.1) is 17.2 Å². The quantitative estimate of drug-likeness (QED) is 0.802. The summed E-state index contributed by atoms with van der Waals surface area (Å²) in [7, 11) is 0. The molecular formula is C19H22N2O2. The third-order valence-corrected chi connectivity index (χ3v) is 5.14. The largest absolute Gasteiger partial charge is 0.460 e. The molecule has 1 aliphatic carbocycles. The van der Waals surface area contributed by atoms with Crippen LogP contribution in [0.3, 0.4) is 0 Å². The van der Waals surface area contributed by atoms with E-state index in [1.807, 2.05) is 25.1 Å². The molecule has 0 amide bonds. The Labute approximate surface area is 137 Å².